The number of nitrogens with zero attached hydrogens (tertiary/aromatic N) is 2. The molecule has 0 amide bonds. The molecule has 24 heavy (non-hydrogen) atoms. The number of carbonyl (C=O) groups excluding carboxylic acids is 1. The van der Waals surface area contributed by atoms with Gasteiger partial charge in [-0.15, -0.1) is 11.3 Å². The lowest BCUT2D eigenvalue weighted by molar-refractivity contribution is 0.111. The Morgan fingerprint density at radius 1 is 1.12 bits per heavy atom. The van der Waals surface area contributed by atoms with E-state index in [1.54, 1.807) is 11.3 Å². The number of rotatable bonds is 2. The topological polar surface area (TPSA) is 52.8 Å². The van der Waals surface area contributed by atoms with Crippen molar-refractivity contribution in [1.82, 2.24) is 9.38 Å². The fraction of sp³-hybridized carbons (Fsp3) is 0.333. The van der Waals surface area contributed by atoms with Gasteiger partial charge in [0, 0.05) is 16.1 Å². The highest BCUT2D eigenvalue weighted by Gasteiger charge is 2.23. The van der Waals surface area contributed by atoms with Crippen LogP contribution in [0.25, 0.3) is 16.2 Å². The van der Waals surface area contributed by atoms with Crippen LogP contribution in [0.5, 0.6) is 11.5 Å². The van der Waals surface area contributed by atoms with Crippen LogP contribution in [0.1, 0.15) is 33.9 Å². The standard InChI is InChI=1S/C18H16N2O3S/c21-10-13-17(11-5-6-14-15(9-11)23-8-7-22-14)19-18-20(13)12-3-1-2-4-16(12)24-18/h5-6,9-10H,1-4,7-8H2. The lowest BCUT2D eigenvalue weighted by Gasteiger charge is -2.18. The van der Waals surface area contributed by atoms with E-state index in [9.17, 15) is 4.79 Å². The van der Waals surface area contributed by atoms with Crippen LogP contribution < -0.4 is 9.47 Å². The van der Waals surface area contributed by atoms with E-state index in [1.165, 1.54) is 23.4 Å². The van der Waals surface area contributed by atoms with Crippen molar-refractivity contribution in [2.75, 3.05) is 13.2 Å². The first-order valence-electron chi connectivity index (χ1n) is 8.23. The minimum Gasteiger partial charge on any atom is -0.486 e. The Bertz CT molecular complexity index is 957. The third-order valence-electron chi connectivity index (χ3n) is 4.68. The predicted molar refractivity (Wildman–Crippen MR) is 91.5 cm³/mol. The number of aldehydes is 1. The number of thiazole rings is 1. The highest BCUT2D eigenvalue weighted by molar-refractivity contribution is 7.17. The van der Waals surface area contributed by atoms with Crippen molar-refractivity contribution >= 4 is 22.6 Å². The number of fused-ring (bicyclic) bond motifs is 4. The minimum atomic E-state index is 0.544. The van der Waals surface area contributed by atoms with Gasteiger partial charge in [0.15, 0.2) is 22.7 Å². The van der Waals surface area contributed by atoms with Gasteiger partial charge in [-0.3, -0.25) is 9.20 Å². The summed E-state index contributed by atoms with van der Waals surface area (Å²) in [5.41, 5.74) is 3.52. The normalized spacial score (nSPS) is 16.2. The molecule has 0 spiro atoms. The Morgan fingerprint density at radius 3 is 2.83 bits per heavy atom. The summed E-state index contributed by atoms with van der Waals surface area (Å²) in [4.78, 5) is 18.9. The maximum Gasteiger partial charge on any atom is 0.195 e. The first-order chi connectivity index (χ1) is 11.8. The molecule has 0 fully saturated rings. The van der Waals surface area contributed by atoms with Crippen molar-refractivity contribution in [2.45, 2.75) is 25.7 Å². The molecule has 0 unspecified atom stereocenters. The van der Waals surface area contributed by atoms with Gasteiger partial charge in [-0.25, -0.2) is 4.98 Å². The van der Waals surface area contributed by atoms with Crippen LogP contribution in [0.3, 0.4) is 0 Å². The fourth-order valence-electron chi connectivity index (χ4n) is 3.57. The first-order valence-corrected chi connectivity index (χ1v) is 9.05. The van der Waals surface area contributed by atoms with E-state index in [2.05, 4.69) is 4.40 Å². The number of carbonyl (C=O) groups is 1. The zero-order valence-electron chi connectivity index (χ0n) is 13.1. The molecule has 5 rings (SSSR count). The van der Waals surface area contributed by atoms with E-state index in [-0.39, 0.29) is 0 Å². The quantitative estimate of drug-likeness (QED) is 0.670. The van der Waals surface area contributed by atoms with E-state index < -0.39 is 0 Å². The van der Waals surface area contributed by atoms with E-state index in [0.717, 1.165) is 41.1 Å². The average molecular weight is 340 g/mol. The Kier molecular flexibility index (Phi) is 3.13. The number of aryl methyl sites for hydroxylation is 2. The van der Waals surface area contributed by atoms with Crippen molar-refractivity contribution in [3.63, 3.8) is 0 Å². The Labute approximate surface area is 142 Å². The highest BCUT2D eigenvalue weighted by Crippen LogP contribution is 2.38. The van der Waals surface area contributed by atoms with Crippen molar-refractivity contribution in [3.05, 3.63) is 34.5 Å². The second-order valence-electron chi connectivity index (χ2n) is 6.12. The number of hydrogen-bond donors (Lipinski definition) is 0. The summed E-state index contributed by atoms with van der Waals surface area (Å²) in [6.45, 7) is 1.11. The zero-order chi connectivity index (χ0) is 16.1. The largest absolute Gasteiger partial charge is 0.486 e. The van der Waals surface area contributed by atoms with Gasteiger partial charge in [0.1, 0.15) is 24.6 Å². The van der Waals surface area contributed by atoms with Crippen molar-refractivity contribution < 1.29 is 14.3 Å². The highest BCUT2D eigenvalue weighted by atomic mass is 32.1. The monoisotopic (exact) mass is 340 g/mol. The third-order valence-corrected chi connectivity index (χ3v) is 5.83. The molecule has 1 aromatic carbocycles. The SMILES string of the molecule is O=Cc1c(-c2ccc3c(c2)OCCO3)nc2sc3c(n12)CCCC3. The molecule has 2 aliphatic rings. The minimum absolute atomic E-state index is 0.544. The molecule has 122 valence electrons. The molecule has 2 aromatic heterocycles. The van der Waals surface area contributed by atoms with Crippen molar-refractivity contribution in [3.8, 4) is 22.8 Å². The van der Waals surface area contributed by atoms with E-state index >= 15 is 0 Å². The lowest BCUT2D eigenvalue weighted by Crippen LogP contribution is -2.15. The van der Waals surface area contributed by atoms with Crippen LogP contribution in [0.2, 0.25) is 0 Å². The van der Waals surface area contributed by atoms with Crippen LogP contribution in [-0.2, 0) is 12.8 Å². The van der Waals surface area contributed by atoms with Crippen LogP contribution in [0.15, 0.2) is 18.2 Å². The fourth-order valence-corrected chi connectivity index (χ4v) is 4.79. The summed E-state index contributed by atoms with van der Waals surface area (Å²) >= 11 is 1.71. The number of aromatic nitrogens is 2. The van der Waals surface area contributed by atoms with Gasteiger partial charge in [-0.05, 0) is 43.9 Å². The summed E-state index contributed by atoms with van der Waals surface area (Å²) in [5, 5.41) is 0. The van der Waals surface area contributed by atoms with Crippen LogP contribution >= 0.6 is 11.3 Å². The van der Waals surface area contributed by atoms with Gasteiger partial charge in [-0.2, -0.15) is 0 Å². The molecule has 5 nitrogen and oxygen atoms in total. The summed E-state index contributed by atoms with van der Waals surface area (Å²) in [6, 6.07) is 5.75. The Balaban J connectivity index is 1.69. The smallest absolute Gasteiger partial charge is 0.195 e. The maximum absolute atomic E-state index is 11.8. The second kappa shape index (κ2) is 5.34. The molecule has 1 aliphatic heterocycles. The number of imidazole rings is 1. The van der Waals surface area contributed by atoms with Gasteiger partial charge >= 0.3 is 0 Å². The Morgan fingerprint density at radius 2 is 1.96 bits per heavy atom. The summed E-state index contributed by atoms with van der Waals surface area (Å²) in [5.74, 6) is 1.46. The van der Waals surface area contributed by atoms with E-state index in [1.807, 2.05) is 18.2 Å². The Hall–Kier alpha value is -2.34. The van der Waals surface area contributed by atoms with Crippen LogP contribution in [-0.4, -0.2) is 28.9 Å². The van der Waals surface area contributed by atoms with Crippen LogP contribution in [0, 0.1) is 0 Å². The predicted octanol–water partition coefficient (Wildman–Crippen LogP) is 3.53. The van der Waals surface area contributed by atoms with E-state index in [4.69, 9.17) is 14.5 Å². The van der Waals surface area contributed by atoms with Gasteiger partial charge in [0.05, 0.1) is 0 Å². The van der Waals surface area contributed by atoms with Gasteiger partial charge < -0.3 is 9.47 Å². The van der Waals surface area contributed by atoms with Crippen molar-refractivity contribution in [1.29, 1.82) is 0 Å². The van der Waals surface area contributed by atoms with Gasteiger partial charge in [-0.1, -0.05) is 0 Å². The molecule has 0 saturated heterocycles. The van der Waals surface area contributed by atoms with E-state index in [0.29, 0.717) is 24.7 Å². The van der Waals surface area contributed by atoms with Crippen molar-refractivity contribution in [2.24, 2.45) is 0 Å². The molecule has 1 aliphatic carbocycles. The maximum atomic E-state index is 11.8. The molecule has 0 N–H and O–H groups in total. The number of benzene rings is 1. The lowest BCUT2D eigenvalue weighted by atomic mass is 10.0. The molecule has 6 heteroatoms. The first kappa shape index (κ1) is 14.0. The molecule has 0 bridgehead atoms. The molecular weight excluding hydrogens is 324 g/mol. The number of hydrogen-bond acceptors (Lipinski definition) is 5. The van der Waals surface area contributed by atoms with Gasteiger partial charge in [0.2, 0.25) is 0 Å². The van der Waals surface area contributed by atoms with Crippen LogP contribution in [0.4, 0.5) is 0 Å². The summed E-state index contributed by atoms with van der Waals surface area (Å²) < 4.78 is 13.3. The number of ether oxygens (including phenoxy) is 2. The second-order valence-corrected chi connectivity index (χ2v) is 7.18. The molecule has 0 radical (unpaired) electrons. The molecule has 0 atom stereocenters. The summed E-state index contributed by atoms with van der Waals surface area (Å²) in [7, 11) is 0. The summed E-state index contributed by atoms with van der Waals surface area (Å²) in [6.07, 6.45) is 5.44. The van der Waals surface area contributed by atoms with Gasteiger partial charge in [0.25, 0.3) is 0 Å². The molecule has 3 heterocycles. The average Bonchev–Trinajstić information content (AvgIpc) is 3.17. The molecule has 0 saturated carbocycles. The molecular formula is C18H16N2O3S. The zero-order valence-corrected chi connectivity index (χ0v) is 13.9. The molecule has 3 aromatic rings. The third kappa shape index (κ3) is 1.99.